The summed E-state index contributed by atoms with van der Waals surface area (Å²) in [6.45, 7) is 0.926. The van der Waals surface area contributed by atoms with Crippen LogP contribution in [-0.2, 0) is 9.53 Å². The average molecular weight is 217 g/mol. The van der Waals surface area contributed by atoms with Crippen molar-refractivity contribution in [1.29, 1.82) is 0 Å². The lowest BCUT2D eigenvalue weighted by Gasteiger charge is -2.09. The second-order valence-corrected chi connectivity index (χ2v) is 4.28. The third-order valence-electron chi connectivity index (χ3n) is 3.11. The van der Waals surface area contributed by atoms with E-state index in [0.717, 1.165) is 13.0 Å². The van der Waals surface area contributed by atoms with E-state index in [-0.39, 0.29) is 5.97 Å². The molecule has 1 heterocycles. The predicted octanol–water partition coefficient (Wildman–Crippen LogP) is 0.407. The van der Waals surface area contributed by atoms with E-state index in [0.29, 0.717) is 12.3 Å². The van der Waals surface area contributed by atoms with Gasteiger partial charge in [-0.05, 0) is 18.1 Å². The van der Waals surface area contributed by atoms with Crippen molar-refractivity contribution in [3.8, 4) is 0 Å². The van der Waals surface area contributed by atoms with Crippen LogP contribution in [0.3, 0.4) is 0 Å². The van der Waals surface area contributed by atoms with Crippen molar-refractivity contribution >= 4 is 25.0 Å². The number of anilines is 1. The third kappa shape index (κ3) is 2.21. The number of nitrogens with one attached hydrogen (secondary N) is 1. The largest absolute Gasteiger partial charge is 0.469 e. The fraction of sp³-hybridized carbons (Fsp3) is 0.417. The van der Waals surface area contributed by atoms with Crippen LogP contribution in [0.25, 0.3) is 0 Å². The van der Waals surface area contributed by atoms with Crippen molar-refractivity contribution in [2.24, 2.45) is 0 Å². The Labute approximate surface area is 96.6 Å². The van der Waals surface area contributed by atoms with Gasteiger partial charge in [-0.2, -0.15) is 0 Å². The molecule has 84 valence electrons. The summed E-state index contributed by atoms with van der Waals surface area (Å²) in [6.07, 6.45) is 1.35. The monoisotopic (exact) mass is 217 g/mol. The normalized spacial score (nSPS) is 17.7. The molecular formula is C12H16BNO2. The smallest absolute Gasteiger partial charge is 0.305 e. The summed E-state index contributed by atoms with van der Waals surface area (Å²) >= 11 is 0. The number of carbonyl (C=O) groups is 1. The first-order valence-electron chi connectivity index (χ1n) is 5.62. The highest BCUT2D eigenvalue weighted by molar-refractivity contribution is 6.32. The van der Waals surface area contributed by atoms with Crippen LogP contribution >= 0.6 is 0 Å². The summed E-state index contributed by atoms with van der Waals surface area (Å²) in [7, 11) is 3.53. The first-order chi connectivity index (χ1) is 7.70. The maximum atomic E-state index is 11.1. The Balaban J connectivity index is 2.05. The van der Waals surface area contributed by atoms with E-state index >= 15 is 0 Å². The van der Waals surface area contributed by atoms with E-state index in [4.69, 9.17) is 0 Å². The van der Waals surface area contributed by atoms with Gasteiger partial charge in [-0.15, -0.1) is 0 Å². The Hall–Kier alpha value is -1.45. The maximum absolute atomic E-state index is 11.1. The van der Waals surface area contributed by atoms with E-state index in [9.17, 15) is 4.79 Å². The van der Waals surface area contributed by atoms with Gasteiger partial charge in [-0.3, -0.25) is 4.79 Å². The standard InChI is InChI=1S/C12H16BNO2/c1-16-12(15)5-2-8-7-14-11-4-3-9(13)6-10(8)11/h3-4,6,8,14H,2,5,7,13H2,1H3. The molecule has 3 nitrogen and oxygen atoms in total. The molecule has 0 saturated carbocycles. The summed E-state index contributed by atoms with van der Waals surface area (Å²) < 4.78 is 4.66. The Morgan fingerprint density at radius 2 is 2.44 bits per heavy atom. The van der Waals surface area contributed by atoms with E-state index < -0.39 is 0 Å². The number of esters is 1. The number of fused-ring (bicyclic) bond motifs is 1. The van der Waals surface area contributed by atoms with E-state index in [1.165, 1.54) is 23.8 Å². The minimum atomic E-state index is -0.124. The topological polar surface area (TPSA) is 38.3 Å². The van der Waals surface area contributed by atoms with E-state index in [1.54, 1.807) is 0 Å². The summed E-state index contributed by atoms with van der Waals surface area (Å²) in [5.74, 6) is 0.315. The van der Waals surface area contributed by atoms with Gasteiger partial charge in [0.05, 0.1) is 7.11 Å². The average Bonchev–Trinajstić information content (AvgIpc) is 2.68. The zero-order chi connectivity index (χ0) is 11.5. The molecule has 1 aromatic rings. The molecule has 0 spiro atoms. The van der Waals surface area contributed by atoms with Crippen molar-refractivity contribution in [2.45, 2.75) is 18.8 Å². The van der Waals surface area contributed by atoms with Crippen molar-refractivity contribution in [3.63, 3.8) is 0 Å². The van der Waals surface area contributed by atoms with Crippen molar-refractivity contribution in [3.05, 3.63) is 23.8 Å². The molecule has 1 aliphatic heterocycles. The zero-order valence-electron chi connectivity index (χ0n) is 9.75. The van der Waals surface area contributed by atoms with Gasteiger partial charge in [0.15, 0.2) is 0 Å². The number of methoxy groups -OCH3 is 1. The lowest BCUT2D eigenvalue weighted by molar-refractivity contribution is -0.140. The lowest BCUT2D eigenvalue weighted by Crippen LogP contribution is -2.08. The third-order valence-corrected chi connectivity index (χ3v) is 3.11. The van der Waals surface area contributed by atoms with Crippen molar-refractivity contribution in [2.75, 3.05) is 19.0 Å². The minimum absolute atomic E-state index is 0.124. The number of hydrogen-bond donors (Lipinski definition) is 1. The Morgan fingerprint density at radius 1 is 1.62 bits per heavy atom. The number of carbonyl (C=O) groups excluding carboxylic acids is 1. The highest BCUT2D eigenvalue weighted by Crippen LogP contribution is 2.33. The second-order valence-electron chi connectivity index (χ2n) is 4.28. The van der Waals surface area contributed by atoms with Gasteiger partial charge in [0.1, 0.15) is 7.85 Å². The van der Waals surface area contributed by atoms with Crippen LogP contribution in [0, 0.1) is 0 Å². The lowest BCUT2D eigenvalue weighted by atomic mass is 9.89. The van der Waals surface area contributed by atoms with Crippen molar-refractivity contribution < 1.29 is 9.53 Å². The minimum Gasteiger partial charge on any atom is -0.469 e. The number of hydrogen-bond acceptors (Lipinski definition) is 3. The molecule has 1 aliphatic rings. The van der Waals surface area contributed by atoms with Gasteiger partial charge in [-0.1, -0.05) is 17.6 Å². The van der Waals surface area contributed by atoms with Gasteiger partial charge in [-0.25, -0.2) is 0 Å². The molecule has 0 fully saturated rings. The van der Waals surface area contributed by atoms with Crippen LogP contribution in [0.5, 0.6) is 0 Å². The Morgan fingerprint density at radius 3 is 3.19 bits per heavy atom. The van der Waals surface area contributed by atoms with Crippen LogP contribution in [-0.4, -0.2) is 27.5 Å². The van der Waals surface area contributed by atoms with Crippen LogP contribution < -0.4 is 10.8 Å². The molecule has 0 aliphatic carbocycles. The number of ether oxygens (including phenoxy) is 1. The summed E-state index contributed by atoms with van der Waals surface area (Å²) in [6, 6.07) is 6.43. The van der Waals surface area contributed by atoms with E-state index in [2.05, 4.69) is 36.1 Å². The summed E-state index contributed by atoms with van der Waals surface area (Å²) in [5, 5.41) is 3.37. The second kappa shape index (κ2) is 4.60. The SMILES string of the molecule is Bc1ccc2c(c1)C(CCC(=O)OC)CN2. The van der Waals surface area contributed by atoms with Gasteiger partial charge in [0.25, 0.3) is 0 Å². The van der Waals surface area contributed by atoms with Crippen molar-refractivity contribution in [1.82, 2.24) is 0 Å². The fourth-order valence-corrected chi connectivity index (χ4v) is 2.18. The maximum Gasteiger partial charge on any atom is 0.305 e. The molecule has 16 heavy (non-hydrogen) atoms. The molecule has 0 saturated heterocycles. The van der Waals surface area contributed by atoms with Gasteiger partial charge < -0.3 is 10.1 Å². The van der Waals surface area contributed by atoms with E-state index in [1.807, 2.05) is 0 Å². The molecule has 0 radical (unpaired) electrons. The summed E-state index contributed by atoms with van der Waals surface area (Å²) in [4.78, 5) is 11.1. The quantitative estimate of drug-likeness (QED) is 0.588. The fourth-order valence-electron chi connectivity index (χ4n) is 2.18. The highest BCUT2D eigenvalue weighted by Gasteiger charge is 2.22. The first-order valence-corrected chi connectivity index (χ1v) is 5.62. The van der Waals surface area contributed by atoms with Gasteiger partial charge in [0, 0.05) is 24.6 Å². The number of rotatable bonds is 3. The summed E-state index contributed by atoms with van der Waals surface area (Å²) in [5.41, 5.74) is 3.81. The first kappa shape index (κ1) is 11.1. The molecule has 1 unspecified atom stereocenters. The van der Waals surface area contributed by atoms with Crippen LogP contribution in [0.1, 0.15) is 24.3 Å². The Kier molecular flexibility index (Phi) is 3.18. The molecule has 1 N–H and O–H groups in total. The zero-order valence-corrected chi connectivity index (χ0v) is 9.75. The molecule has 4 heteroatoms. The van der Waals surface area contributed by atoms with Gasteiger partial charge in [0.2, 0.25) is 0 Å². The predicted molar refractivity (Wildman–Crippen MR) is 67.1 cm³/mol. The molecule has 1 aromatic carbocycles. The molecule has 2 rings (SSSR count). The molecule has 0 bridgehead atoms. The molecular weight excluding hydrogens is 201 g/mol. The molecule has 0 amide bonds. The highest BCUT2D eigenvalue weighted by atomic mass is 16.5. The van der Waals surface area contributed by atoms with Gasteiger partial charge >= 0.3 is 5.97 Å². The Bertz CT molecular complexity index is 406. The van der Waals surface area contributed by atoms with Crippen LogP contribution in [0.15, 0.2) is 18.2 Å². The van der Waals surface area contributed by atoms with Crippen LogP contribution in [0.2, 0.25) is 0 Å². The molecule has 0 aromatic heterocycles. The number of benzene rings is 1. The van der Waals surface area contributed by atoms with Crippen LogP contribution in [0.4, 0.5) is 5.69 Å². The molecule has 1 atom stereocenters.